The van der Waals surface area contributed by atoms with Gasteiger partial charge in [-0.3, -0.25) is 0 Å². The number of nitrogens with zero attached hydrogens (tertiary/aromatic N) is 2. The lowest BCUT2D eigenvalue weighted by atomic mass is 10.2. The molecule has 1 aromatic heterocycles. The predicted molar refractivity (Wildman–Crippen MR) is 58.0 cm³/mol. The van der Waals surface area contributed by atoms with Crippen molar-refractivity contribution in [1.82, 2.24) is 9.36 Å². The second-order valence-electron chi connectivity index (χ2n) is 3.25. The van der Waals surface area contributed by atoms with Gasteiger partial charge in [-0.2, -0.15) is 4.37 Å². The minimum Gasteiger partial charge on any atom is -0.406 e. The molecule has 96 valence electrons. The van der Waals surface area contributed by atoms with Crippen molar-refractivity contribution >= 4 is 11.5 Å². The van der Waals surface area contributed by atoms with E-state index in [2.05, 4.69) is 14.1 Å². The lowest BCUT2D eigenvalue weighted by Gasteiger charge is -2.08. The molecule has 8 heteroatoms. The molecule has 0 spiro atoms. The SMILES string of the molecule is OCc1nsc(-c2ccc(OC(F)(F)F)cc2)n1. The van der Waals surface area contributed by atoms with E-state index >= 15 is 0 Å². The fourth-order valence-electron chi connectivity index (χ4n) is 1.23. The highest BCUT2D eigenvalue weighted by Gasteiger charge is 2.30. The maximum atomic E-state index is 11.9. The second-order valence-corrected chi connectivity index (χ2v) is 4.00. The number of rotatable bonds is 3. The summed E-state index contributed by atoms with van der Waals surface area (Å²) in [5.74, 6) is -0.0104. The van der Waals surface area contributed by atoms with E-state index < -0.39 is 6.36 Å². The maximum Gasteiger partial charge on any atom is 0.573 e. The van der Waals surface area contributed by atoms with Gasteiger partial charge in [0, 0.05) is 5.56 Å². The van der Waals surface area contributed by atoms with Crippen molar-refractivity contribution in [2.45, 2.75) is 13.0 Å². The Morgan fingerprint density at radius 3 is 2.39 bits per heavy atom. The third-order valence-corrected chi connectivity index (χ3v) is 2.75. The Bertz CT molecular complexity index is 525. The number of hydrogen-bond donors (Lipinski definition) is 1. The van der Waals surface area contributed by atoms with Crippen molar-refractivity contribution in [2.24, 2.45) is 0 Å². The third kappa shape index (κ3) is 3.17. The second kappa shape index (κ2) is 4.91. The van der Waals surface area contributed by atoms with Crippen molar-refractivity contribution in [2.75, 3.05) is 0 Å². The fraction of sp³-hybridized carbons (Fsp3) is 0.200. The Morgan fingerprint density at radius 2 is 1.89 bits per heavy atom. The molecule has 0 aliphatic carbocycles. The van der Waals surface area contributed by atoms with Gasteiger partial charge in [-0.05, 0) is 35.8 Å². The molecule has 1 heterocycles. The number of aliphatic hydroxyl groups excluding tert-OH is 1. The van der Waals surface area contributed by atoms with Gasteiger partial charge in [0.25, 0.3) is 0 Å². The molecule has 4 nitrogen and oxygen atoms in total. The number of halogens is 3. The van der Waals surface area contributed by atoms with Gasteiger partial charge < -0.3 is 9.84 Å². The minimum absolute atomic E-state index is 0.272. The van der Waals surface area contributed by atoms with Crippen LogP contribution in [0.2, 0.25) is 0 Å². The van der Waals surface area contributed by atoms with E-state index in [-0.39, 0.29) is 18.2 Å². The molecule has 1 aromatic carbocycles. The van der Waals surface area contributed by atoms with Crippen molar-refractivity contribution < 1.29 is 23.0 Å². The molecule has 0 saturated heterocycles. The molecule has 18 heavy (non-hydrogen) atoms. The molecular formula is C10H7F3N2O2S. The van der Waals surface area contributed by atoms with Gasteiger partial charge in [0.15, 0.2) is 5.82 Å². The van der Waals surface area contributed by atoms with E-state index in [0.717, 1.165) is 11.5 Å². The summed E-state index contributed by atoms with van der Waals surface area (Å²) in [6.45, 7) is -0.272. The zero-order valence-electron chi connectivity index (χ0n) is 8.81. The normalized spacial score (nSPS) is 11.6. The van der Waals surface area contributed by atoms with Gasteiger partial charge >= 0.3 is 6.36 Å². The Morgan fingerprint density at radius 1 is 1.22 bits per heavy atom. The summed E-state index contributed by atoms with van der Waals surface area (Å²) in [6.07, 6.45) is -4.70. The van der Waals surface area contributed by atoms with Crippen molar-refractivity contribution in [1.29, 1.82) is 0 Å². The molecule has 0 amide bonds. The number of aromatic nitrogens is 2. The first-order chi connectivity index (χ1) is 8.48. The summed E-state index contributed by atoms with van der Waals surface area (Å²) < 4.78 is 43.4. The lowest BCUT2D eigenvalue weighted by Crippen LogP contribution is -2.16. The first-order valence-electron chi connectivity index (χ1n) is 4.77. The molecule has 0 radical (unpaired) electrons. The Kier molecular flexibility index (Phi) is 3.48. The zero-order valence-corrected chi connectivity index (χ0v) is 9.63. The minimum atomic E-state index is -4.70. The fourth-order valence-corrected chi connectivity index (χ4v) is 1.91. The molecule has 0 aliphatic rings. The first-order valence-corrected chi connectivity index (χ1v) is 5.55. The van der Waals surface area contributed by atoms with Crippen molar-refractivity contribution in [3.63, 3.8) is 0 Å². The summed E-state index contributed by atoms with van der Waals surface area (Å²) in [6, 6.07) is 5.29. The van der Waals surface area contributed by atoms with Crippen LogP contribution < -0.4 is 4.74 Å². The Hall–Kier alpha value is -1.67. The number of aliphatic hydroxyl groups is 1. The van der Waals surface area contributed by atoms with E-state index in [1.54, 1.807) is 0 Å². The summed E-state index contributed by atoms with van der Waals surface area (Å²) in [5.41, 5.74) is 0.613. The van der Waals surface area contributed by atoms with Crippen LogP contribution in [0.3, 0.4) is 0 Å². The summed E-state index contributed by atoms with van der Waals surface area (Å²) >= 11 is 1.06. The van der Waals surface area contributed by atoms with Crippen molar-refractivity contribution in [3.8, 4) is 16.3 Å². The monoisotopic (exact) mass is 276 g/mol. The van der Waals surface area contributed by atoms with Crippen LogP contribution in [0.5, 0.6) is 5.75 Å². The van der Waals surface area contributed by atoms with E-state index in [4.69, 9.17) is 5.11 Å². The van der Waals surface area contributed by atoms with Gasteiger partial charge in [0.05, 0.1) is 0 Å². The molecule has 2 aromatic rings. The highest BCUT2D eigenvalue weighted by Crippen LogP contribution is 2.27. The van der Waals surface area contributed by atoms with Crippen LogP contribution in [-0.4, -0.2) is 20.8 Å². The van der Waals surface area contributed by atoms with Crippen LogP contribution >= 0.6 is 11.5 Å². The van der Waals surface area contributed by atoms with Gasteiger partial charge in [0.1, 0.15) is 17.4 Å². The third-order valence-electron chi connectivity index (χ3n) is 1.94. The molecule has 2 rings (SSSR count). The molecule has 0 fully saturated rings. The van der Waals surface area contributed by atoms with Gasteiger partial charge in [0.2, 0.25) is 0 Å². The number of alkyl halides is 3. The number of ether oxygens (including phenoxy) is 1. The topological polar surface area (TPSA) is 55.2 Å². The standard InChI is InChI=1S/C10H7F3N2O2S/c11-10(12,13)17-7-3-1-6(2-4-7)9-14-8(5-16)15-18-9/h1-4,16H,5H2. The molecule has 0 unspecified atom stereocenters. The molecular weight excluding hydrogens is 269 g/mol. The van der Waals surface area contributed by atoms with E-state index in [1.807, 2.05) is 0 Å². The average molecular weight is 276 g/mol. The molecule has 0 aliphatic heterocycles. The van der Waals surface area contributed by atoms with E-state index in [1.165, 1.54) is 24.3 Å². The molecule has 0 atom stereocenters. The van der Waals surface area contributed by atoms with Crippen LogP contribution in [0.15, 0.2) is 24.3 Å². The van der Waals surface area contributed by atoms with Crippen LogP contribution in [0, 0.1) is 0 Å². The zero-order chi connectivity index (χ0) is 13.2. The average Bonchev–Trinajstić information content (AvgIpc) is 2.76. The summed E-state index contributed by atoms with van der Waals surface area (Å²) in [5, 5.41) is 9.33. The number of benzene rings is 1. The quantitative estimate of drug-likeness (QED) is 0.936. The van der Waals surface area contributed by atoms with E-state index in [0.29, 0.717) is 10.6 Å². The predicted octanol–water partition coefficient (Wildman–Crippen LogP) is 2.60. The number of hydrogen-bond acceptors (Lipinski definition) is 5. The smallest absolute Gasteiger partial charge is 0.406 e. The summed E-state index contributed by atoms with van der Waals surface area (Å²) in [7, 11) is 0. The molecule has 0 saturated carbocycles. The van der Waals surface area contributed by atoms with Gasteiger partial charge in [-0.1, -0.05) is 0 Å². The highest BCUT2D eigenvalue weighted by atomic mass is 32.1. The van der Waals surface area contributed by atoms with Gasteiger partial charge in [-0.25, -0.2) is 4.98 Å². The van der Waals surface area contributed by atoms with Crippen molar-refractivity contribution in [3.05, 3.63) is 30.1 Å². The molecule has 0 bridgehead atoms. The highest BCUT2D eigenvalue weighted by molar-refractivity contribution is 7.09. The van der Waals surface area contributed by atoms with Crippen LogP contribution in [0.4, 0.5) is 13.2 Å². The molecule has 1 N–H and O–H groups in total. The Balaban J connectivity index is 2.17. The largest absolute Gasteiger partial charge is 0.573 e. The van der Waals surface area contributed by atoms with E-state index in [9.17, 15) is 13.2 Å². The summed E-state index contributed by atoms with van der Waals surface area (Å²) in [4.78, 5) is 4.00. The maximum absolute atomic E-state index is 11.9. The Labute approximate surface area is 104 Å². The van der Waals surface area contributed by atoms with Crippen LogP contribution in [0.25, 0.3) is 10.6 Å². The van der Waals surface area contributed by atoms with Crippen LogP contribution in [-0.2, 0) is 6.61 Å². The van der Waals surface area contributed by atoms with Crippen LogP contribution in [0.1, 0.15) is 5.82 Å². The van der Waals surface area contributed by atoms with Gasteiger partial charge in [-0.15, -0.1) is 13.2 Å². The lowest BCUT2D eigenvalue weighted by molar-refractivity contribution is -0.274. The first kappa shape index (κ1) is 12.8.